The maximum absolute atomic E-state index is 4.73. The molecule has 2 rings (SSSR count). The number of allylic oxidation sites excluding steroid dienone is 1. The summed E-state index contributed by atoms with van der Waals surface area (Å²) in [5, 5.41) is 6.41. The first-order valence-electron chi connectivity index (χ1n) is 7.18. The highest BCUT2D eigenvalue weighted by molar-refractivity contribution is 7.80. The zero-order valence-corrected chi connectivity index (χ0v) is 13.0. The number of nitrogens with one attached hydrogen (secondary N) is 2. The molecule has 0 aliphatic heterocycles. The van der Waals surface area contributed by atoms with Crippen molar-refractivity contribution in [3.05, 3.63) is 12.2 Å². The van der Waals surface area contributed by atoms with E-state index in [1.54, 1.807) is 12.6 Å². The minimum Gasteiger partial charge on any atom is -0.366 e. The molecule has 0 aromatic heterocycles. The molecule has 0 spiro atoms. The Kier molecular flexibility index (Phi) is 6.13. The fourth-order valence-electron chi connectivity index (χ4n) is 3.22. The highest BCUT2D eigenvalue weighted by Gasteiger charge is 2.42. The van der Waals surface area contributed by atoms with Gasteiger partial charge in [-0.1, -0.05) is 31.9 Å². The second kappa shape index (κ2) is 7.13. The van der Waals surface area contributed by atoms with Crippen molar-refractivity contribution in [3.8, 4) is 0 Å². The van der Waals surface area contributed by atoms with E-state index in [4.69, 9.17) is 12.2 Å². The minimum atomic E-state index is 0.554. The summed E-state index contributed by atoms with van der Waals surface area (Å²) < 4.78 is 0. The normalized spacial score (nSPS) is 29.9. The van der Waals surface area contributed by atoms with Crippen molar-refractivity contribution in [1.82, 2.24) is 10.6 Å². The first-order valence-corrected chi connectivity index (χ1v) is 7.59. The number of thiocarbonyl (C=S) groups is 1. The average molecular weight is 268 g/mol. The van der Waals surface area contributed by atoms with E-state index in [9.17, 15) is 0 Å². The fraction of sp³-hybridized carbons (Fsp3) is 0.800. The maximum Gasteiger partial charge on any atom is 0.166 e. The van der Waals surface area contributed by atoms with Crippen LogP contribution in [-0.2, 0) is 0 Å². The fourth-order valence-corrected chi connectivity index (χ4v) is 3.36. The molecule has 2 N–H and O–H groups in total. The largest absolute Gasteiger partial charge is 0.366 e. The molecule has 0 bridgehead atoms. The Bertz CT molecular complexity index is 301. The lowest BCUT2D eigenvalue weighted by Crippen LogP contribution is -2.31. The summed E-state index contributed by atoms with van der Waals surface area (Å²) in [6.45, 7) is 9.54. The molecule has 104 valence electrons. The topological polar surface area (TPSA) is 24.1 Å². The van der Waals surface area contributed by atoms with E-state index in [1.807, 2.05) is 6.92 Å². The van der Waals surface area contributed by atoms with Gasteiger partial charge in [-0.05, 0) is 56.2 Å². The molecule has 0 saturated heterocycles. The second-order valence-corrected chi connectivity index (χ2v) is 6.02. The van der Waals surface area contributed by atoms with Crippen LogP contribution in [0.25, 0.3) is 0 Å². The van der Waals surface area contributed by atoms with Crippen molar-refractivity contribution in [2.45, 2.75) is 52.4 Å². The van der Waals surface area contributed by atoms with Crippen LogP contribution in [-0.4, -0.2) is 18.7 Å². The number of hydrogen-bond donors (Lipinski definition) is 2. The molecule has 0 amide bonds. The highest BCUT2D eigenvalue weighted by Crippen LogP contribution is 2.54. The zero-order chi connectivity index (χ0) is 13.6. The minimum absolute atomic E-state index is 0.554. The van der Waals surface area contributed by atoms with Gasteiger partial charge in [0.15, 0.2) is 5.11 Å². The van der Waals surface area contributed by atoms with Crippen LogP contribution in [0.2, 0.25) is 0 Å². The average Bonchev–Trinajstić information content (AvgIpc) is 2.67. The smallest absolute Gasteiger partial charge is 0.166 e. The predicted molar refractivity (Wildman–Crippen MR) is 83.8 cm³/mol. The van der Waals surface area contributed by atoms with Gasteiger partial charge < -0.3 is 10.6 Å². The molecular weight excluding hydrogens is 240 g/mol. The Hall–Kier alpha value is -0.570. The number of rotatable bonds is 1. The molecule has 0 radical (unpaired) electrons. The van der Waals surface area contributed by atoms with Gasteiger partial charge in [0.25, 0.3) is 0 Å². The quantitative estimate of drug-likeness (QED) is 0.561. The van der Waals surface area contributed by atoms with Crippen molar-refractivity contribution in [2.75, 3.05) is 13.6 Å². The van der Waals surface area contributed by atoms with Gasteiger partial charge in [0, 0.05) is 13.6 Å². The first-order chi connectivity index (χ1) is 8.54. The van der Waals surface area contributed by atoms with E-state index in [0.29, 0.717) is 10.5 Å². The molecule has 2 nitrogen and oxygen atoms in total. The molecule has 0 aromatic carbocycles. The summed E-state index contributed by atoms with van der Waals surface area (Å²) >= 11 is 4.73. The Labute approximate surface area is 118 Å². The Morgan fingerprint density at radius 3 is 2.67 bits per heavy atom. The van der Waals surface area contributed by atoms with Crippen LogP contribution in [0, 0.1) is 11.3 Å². The summed E-state index contributed by atoms with van der Waals surface area (Å²) in [7, 11) is 1.80. The standard InChI is InChI=1S/C11H18.C4H10N2S/c1-9-6-7-10-5-3-4-8-11(9,10)2;1-3-6-4(7)5-2/h10H,1,3-8H2,2H3;3H2,1-2H3,(H2,5,6,7). The van der Waals surface area contributed by atoms with Crippen molar-refractivity contribution >= 4 is 17.3 Å². The molecule has 2 fully saturated rings. The summed E-state index contributed by atoms with van der Waals surface area (Å²) in [4.78, 5) is 0. The van der Waals surface area contributed by atoms with Gasteiger partial charge in [0.05, 0.1) is 0 Å². The van der Waals surface area contributed by atoms with E-state index in [2.05, 4.69) is 24.1 Å². The van der Waals surface area contributed by atoms with E-state index in [0.717, 1.165) is 12.5 Å². The lowest BCUT2D eigenvalue weighted by molar-refractivity contribution is 0.189. The molecular formula is C15H28N2S. The maximum atomic E-state index is 4.73. The van der Waals surface area contributed by atoms with Crippen LogP contribution >= 0.6 is 12.2 Å². The SMILES string of the molecule is C=C1CCC2CCCCC12C.CCNC(=S)NC. The lowest BCUT2D eigenvalue weighted by Gasteiger charge is -2.37. The molecule has 2 saturated carbocycles. The Balaban J connectivity index is 0.000000203. The van der Waals surface area contributed by atoms with Crippen molar-refractivity contribution in [2.24, 2.45) is 11.3 Å². The number of fused-ring (bicyclic) bond motifs is 1. The van der Waals surface area contributed by atoms with Gasteiger partial charge in [-0.3, -0.25) is 0 Å². The first kappa shape index (κ1) is 15.5. The van der Waals surface area contributed by atoms with E-state index in [1.165, 1.54) is 38.5 Å². The van der Waals surface area contributed by atoms with Crippen LogP contribution in [0.5, 0.6) is 0 Å². The molecule has 2 unspecified atom stereocenters. The van der Waals surface area contributed by atoms with E-state index >= 15 is 0 Å². The molecule has 0 heterocycles. The Morgan fingerprint density at radius 1 is 1.44 bits per heavy atom. The molecule has 0 aromatic rings. The third kappa shape index (κ3) is 3.71. The van der Waals surface area contributed by atoms with Crippen LogP contribution in [0.3, 0.4) is 0 Å². The molecule has 2 aliphatic carbocycles. The van der Waals surface area contributed by atoms with Gasteiger partial charge in [0.2, 0.25) is 0 Å². The van der Waals surface area contributed by atoms with Gasteiger partial charge in [0.1, 0.15) is 0 Å². The molecule has 2 atom stereocenters. The van der Waals surface area contributed by atoms with Gasteiger partial charge in [-0.15, -0.1) is 0 Å². The molecule has 3 heteroatoms. The van der Waals surface area contributed by atoms with Crippen molar-refractivity contribution < 1.29 is 0 Å². The summed E-state index contributed by atoms with van der Waals surface area (Å²) in [5.41, 5.74) is 2.10. The van der Waals surface area contributed by atoms with Gasteiger partial charge in [-0.25, -0.2) is 0 Å². The second-order valence-electron chi connectivity index (χ2n) is 5.61. The predicted octanol–water partition coefficient (Wildman–Crippen LogP) is 3.63. The summed E-state index contributed by atoms with van der Waals surface area (Å²) in [6, 6.07) is 0. The lowest BCUT2D eigenvalue weighted by atomic mass is 9.68. The zero-order valence-electron chi connectivity index (χ0n) is 12.1. The van der Waals surface area contributed by atoms with Crippen LogP contribution in [0.15, 0.2) is 12.2 Å². The van der Waals surface area contributed by atoms with Crippen LogP contribution in [0.4, 0.5) is 0 Å². The molecule has 18 heavy (non-hydrogen) atoms. The summed E-state index contributed by atoms with van der Waals surface area (Å²) in [5.74, 6) is 0.990. The highest BCUT2D eigenvalue weighted by atomic mass is 32.1. The molecule has 2 aliphatic rings. The van der Waals surface area contributed by atoms with E-state index in [-0.39, 0.29) is 0 Å². The number of hydrogen-bond acceptors (Lipinski definition) is 1. The summed E-state index contributed by atoms with van der Waals surface area (Å²) in [6.07, 6.45) is 8.52. The Morgan fingerprint density at radius 2 is 2.17 bits per heavy atom. The monoisotopic (exact) mass is 268 g/mol. The van der Waals surface area contributed by atoms with Crippen LogP contribution in [0.1, 0.15) is 52.4 Å². The van der Waals surface area contributed by atoms with Crippen LogP contribution < -0.4 is 10.6 Å². The third-order valence-corrected chi connectivity index (χ3v) is 4.91. The van der Waals surface area contributed by atoms with Crippen molar-refractivity contribution in [1.29, 1.82) is 0 Å². The van der Waals surface area contributed by atoms with E-state index < -0.39 is 0 Å². The van der Waals surface area contributed by atoms with Crippen molar-refractivity contribution in [3.63, 3.8) is 0 Å². The van der Waals surface area contributed by atoms with Gasteiger partial charge in [-0.2, -0.15) is 0 Å². The third-order valence-electron chi connectivity index (χ3n) is 4.57. The van der Waals surface area contributed by atoms with Gasteiger partial charge >= 0.3 is 0 Å².